The topological polar surface area (TPSA) is 89.7 Å². The Balaban J connectivity index is 1.72. The Bertz CT molecular complexity index is 1170. The van der Waals surface area contributed by atoms with Gasteiger partial charge in [0.05, 0.1) is 25.3 Å². The molecule has 1 aliphatic rings. The molecule has 3 aromatic rings. The lowest BCUT2D eigenvalue weighted by molar-refractivity contribution is 0.204. The Labute approximate surface area is 205 Å². The van der Waals surface area contributed by atoms with Crippen molar-refractivity contribution in [1.29, 1.82) is 0 Å². The highest BCUT2D eigenvalue weighted by atomic mass is 16.5. The summed E-state index contributed by atoms with van der Waals surface area (Å²) in [4.78, 5) is 19.6. The number of unbranched alkanes of at least 4 members (excludes halogenated alkanes) is 2. The van der Waals surface area contributed by atoms with E-state index in [1.807, 2.05) is 62.4 Å². The summed E-state index contributed by atoms with van der Waals surface area (Å²) in [5.74, 6) is 2.39. The van der Waals surface area contributed by atoms with Crippen molar-refractivity contribution in [2.75, 3.05) is 20.3 Å². The van der Waals surface area contributed by atoms with Gasteiger partial charge in [0, 0.05) is 17.8 Å². The minimum absolute atomic E-state index is 0.129. The minimum atomic E-state index is -0.426. The SMILES string of the molecule is CCCCCN1C(=O)NC(c2ccc(OCC)cc2)C(c2nc(-c3ccc(OC)cc3)no2)=C1C. The maximum absolute atomic E-state index is 13.1. The van der Waals surface area contributed by atoms with E-state index in [1.54, 1.807) is 12.0 Å². The first-order chi connectivity index (χ1) is 17.0. The smallest absolute Gasteiger partial charge is 0.322 e. The summed E-state index contributed by atoms with van der Waals surface area (Å²) in [7, 11) is 1.63. The Morgan fingerprint density at radius 3 is 2.40 bits per heavy atom. The van der Waals surface area contributed by atoms with Crippen LogP contribution in [-0.4, -0.2) is 41.3 Å². The number of nitrogens with zero attached hydrogens (tertiary/aromatic N) is 3. The van der Waals surface area contributed by atoms with Crippen LogP contribution in [0, 0.1) is 0 Å². The van der Waals surface area contributed by atoms with Crippen LogP contribution in [0.1, 0.15) is 57.5 Å². The van der Waals surface area contributed by atoms with Gasteiger partial charge >= 0.3 is 6.03 Å². The molecule has 0 fully saturated rings. The van der Waals surface area contributed by atoms with Gasteiger partial charge in [0.1, 0.15) is 11.5 Å². The van der Waals surface area contributed by atoms with Crippen LogP contribution in [0.4, 0.5) is 4.79 Å². The lowest BCUT2D eigenvalue weighted by Crippen LogP contribution is -2.46. The Kier molecular flexibility index (Phi) is 7.70. The summed E-state index contributed by atoms with van der Waals surface area (Å²) in [6.45, 7) is 7.25. The number of carbonyl (C=O) groups is 1. The van der Waals surface area contributed by atoms with Crippen LogP contribution in [0.3, 0.4) is 0 Å². The molecule has 4 rings (SSSR count). The maximum Gasteiger partial charge on any atom is 0.322 e. The number of urea groups is 1. The van der Waals surface area contributed by atoms with Gasteiger partial charge in [-0.2, -0.15) is 4.98 Å². The molecule has 35 heavy (non-hydrogen) atoms. The number of nitrogens with one attached hydrogen (secondary N) is 1. The van der Waals surface area contributed by atoms with Crippen molar-refractivity contribution in [3.05, 3.63) is 65.7 Å². The zero-order valence-electron chi connectivity index (χ0n) is 20.7. The predicted molar refractivity (Wildman–Crippen MR) is 134 cm³/mol. The molecule has 8 nitrogen and oxygen atoms in total. The molecule has 1 unspecified atom stereocenters. The van der Waals surface area contributed by atoms with Gasteiger partial charge in [0.25, 0.3) is 5.89 Å². The van der Waals surface area contributed by atoms with E-state index in [0.29, 0.717) is 24.9 Å². The molecular weight excluding hydrogens is 444 g/mol. The van der Waals surface area contributed by atoms with Gasteiger partial charge in [-0.3, -0.25) is 4.90 Å². The van der Waals surface area contributed by atoms with E-state index < -0.39 is 6.04 Å². The van der Waals surface area contributed by atoms with Gasteiger partial charge in [-0.25, -0.2) is 4.79 Å². The fourth-order valence-corrected chi connectivity index (χ4v) is 4.21. The zero-order chi connectivity index (χ0) is 24.8. The summed E-state index contributed by atoms with van der Waals surface area (Å²) < 4.78 is 16.6. The quantitative estimate of drug-likeness (QED) is 0.370. The number of benzene rings is 2. The number of ether oxygens (including phenoxy) is 2. The summed E-state index contributed by atoms with van der Waals surface area (Å²) in [5.41, 5.74) is 3.33. The minimum Gasteiger partial charge on any atom is -0.497 e. The lowest BCUT2D eigenvalue weighted by atomic mass is 9.94. The van der Waals surface area contributed by atoms with Crippen molar-refractivity contribution < 1.29 is 18.8 Å². The molecule has 0 radical (unpaired) electrons. The van der Waals surface area contributed by atoms with Gasteiger partial charge in [-0.05, 0) is 62.2 Å². The van der Waals surface area contributed by atoms with Crippen molar-refractivity contribution in [2.24, 2.45) is 0 Å². The van der Waals surface area contributed by atoms with Crippen LogP contribution in [0.2, 0.25) is 0 Å². The number of methoxy groups -OCH3 is 1. The highest BCUT2D eigenvalue weighted by Gasteiger charge is 2.35. The second-order valence-electron chi connectivity index (χ2n) is 8.39. The number of aromatic nitrogens is 2. The molecule has 1 atom stereocenters. The summed E-state index contributed by atoms with van der Waals surface area (Å²) in [5, 5.41) is 7.37. The van der Waals surface area contributed by atoms with Crippen molar-refractivity contribution in [3.63, 3.8) is 0 Å². The molecule has 184 valence electrons. The van der Waals surface area contributed by atoms with E-state index in [4.69, 9.17) is 19.0 Å². The summed E-state index contributed by atoms with van der Waals surface area (Å²) in [6.07, 6.45) is 3.05. The van der Waals surface area contributed by atoms with Crippen LogP contribution in [0.25, 0.3) is 17.0 Å². The highest BCUT2D eigenvalue weighted by molar-refractivity contribution is 5.86. The van der Waals surface area contributed by atoms with Crippen LogP contribution in [0.15, 0.2) is 58.8 Å². The van der Waals surface area contributed by atoms with E-state index in [9.17, 15) is 4.79 Å². The van der Waals surface area contributed by atoms with Crippen LogP contribution < -0.4 is 14.8 Å². The van der Waals surface area contributed by atoms with E-state index in [-0.39, 0.29) is 6.03 Å². The molecule has 1 aromatic heterocycles. The van der Waals surface area contributed by atoms with Crippen molar-refractivity contribution in [3.8, 4) is 22.9 Å². The first-order valence-electron chi connectivity index (χ1n) is 12.1. The van der Waals surface area contributed by atoms with E-state index >= 15 is 0 Å². The van der Waals surface area contributed by atoms with Crippen molar-refractivity contribution in [1.82, 2.24) is 20.4 Å². The molecule has 8 heteroatoms. The van der Waals surface area contributed by atoms with E-state index in [1.165, 1.54) is 0 Å². The third kappa shape index (κ3) is 5.31. The zero-order valence-corrected chi connectivity index (χ0v) is 20.7. The van der Waals surface area contributed by atoms with Crippen LogP contribution in [0.5, 0.6) is 11.5 Å². The van der Waals surface area contributed by atoms with Crippen molar-refractivity contribution in [2.45, 2.75) is 46.1 Å². The molecule has 1 aliphatic heterocycles. The average Bonchev–Trinajstić information content (AvgIpc) is 3.36. The Morgan fingerprint density at radius 1 is 1.03 bits per heavy atom. The van der Waals surface area contributed by atoms with Gasteiger partial charge < -0.3 is 19.3 Å². The molecule has 0 bridgehead atoms. The van der Waals surface area contributed by atoms with Gasteiger partial charge in [0.2, 0.25) is 5.82 Å². The molecule has 2 amide bonds. The molecule has 2 heterocycles. The average molecular weight is 477 g/mol. The molecule has 0 spiro atoms. The van der Waals surface area contributed by atoms with E-state index in [0.717, 1.165) is 53.2 Å². The van der Waals surface area contributed by atoms with Crippen molar-refractivity contribution >= 4 is 11.6 Å². The number of carbonyl (C=O) groups excluding carboxylic acids is 1. The Morgan fingerprint density at radius 2 is 1.74 bits per heavy atom. The first-order valence-corrected chi connectivity index (χ1v) is 12.1. The highest BCUT2D eigenvalue weighted by Crippen LogP contribution is 2.38. The second-order valence-corrected chi connectivity index (χ2v) is 8.39. The fourth-order valence-electron chi connectivity index (χ4n) is 4.21. The summed E-state index contributed by atoms with van der Waals surface area (Å²) >= 11 is 0. The molecule has 0 saturated carbocycles. The number of rotatable bonds is 10. The number of hydrogen-bond acceptors (Lipinski definition) is 6. The van der Waals surface area contributed by atoms with E-state index in [2.05, 4.69) is 17.4 Å². The maximum atomic E-state index is 13.1. The third-order valence-electron chi connectivity index (χ3n) is 6.11. The number of allylic oxidation sites excluding steroid dienone is 1. The van der Waals surface area contributed by atoms with Gasteiger partial charge in [-0.1, -0.05) is 37.1 Å². The molecule has 0 aliphatic carbocycles. The normalized spacial score (nSPS) is 15.8. The second kappa shape index (κ2) is 11.1. The predicted octanol–water partition coefficient (Wildman–Crippen LogP) is 5.83. The number of amides is 2. The van der Waals surface area contributed by atoms with Crippen LogP contribution >= 0.6 is 0 Å². The van der Waals surface area contributed by atoms with Crippen LogP contribution in [-0.2, 0) is 0 Å². The number of hydrogen-bond donors (Lipinski definition) is 1. The monoisotopic (exact) mass is 476 g/mol. The molecular formula is C27H32N4O4. The fraction of sp³-hybridized carbons (Fsp3) is 0.370. The van der Waals surface area contributed by atoms with Gasteiger partial charge in [0.15, 0.2) is 0 Å². The van der Waals surface area contributed by atoms with Gasteiger partial charge in [-0.15, -0.1) is 0 Å². The molecule has 1 N–H and O–H groups in total. The Hall–Kier alpha value is -3.81. The first kappa shape index (κ1) is 24.3. The lowest BCUT2D eigenvalue weighted by Gasteiger charge is -2.35. The summed E-state index contributed by atoms with van der Waals surface area (Å²) in [6, 6.07) is 14.7. The standard InChI is InChI=1S/C27H32N4O4/c1-5-7-8-17-31-18(3)23(24(28-27(31)32)19-9-15-22(16-10-19)34-6-2)26-29-25(30-35-26)20-11-13-21(33-4)14-12-20/h9-16,24H,5-8,17H2,1-4H3,(H,28,32). The third-order valence-corrected chi connectivity index (χ3v) is 6.11. The molecule has 2 aromatic carbocycles. The largest absolute Gasteiger partial charge is 0.497 e. The molecule has 0 saturated heterocycles.